The fourth-order valence-electron chi connectivity index (χ4n) is 1.83. The van der Waals surface area contributed by atoms with Gasteiger partial charge in [-0.3, -0.25) is 14.9 Å². The molecule has 2 N–H and O–H groups in total. The van der Waals surface area contributed by atoms with Crippen molar-refractivity contribution in [2.24, 2.45) is 0 Å². The van der Waals surface area contributed by atoms with Crippen LogP contribution >= 0.6 is 11.3 Å². The van der Waals surface area contributed by atoms with Gasteiger partial charge in [0, 0.05) is 18.2 Å². The molecule has 110 valence electrons. The molecular formula is C14H14N2O4S. The molecule has 2 rings (SSSR count). The minimum atomic E-state index is -0.722. The molecule has 0 aliphatic rings. The highest BCUT2D eigenvalue weighted by molar-refractivity contribution is 7.07. The molecular weight excluding hydrogens is 292 g/mol. The lowest BCUT2D eigenvalue weighted by atomic mass is 10.1. The Labute approximate surface area is 125 Å². The number of carbonyl (C=O) groups excluding carboxylic acids is 1. The van der Waals surface area contributed by atoms with E-state index in [-0.39, 0.29) is 11.5 Å². The molecule has 21 heavy (non-hydrogen) atoms. The number of phenols is 1. The van der Waals surface area contributed by atoms with E-state index in [2.05, 4.69) is 5.32 Å². The third-order valence-corrected chi connectivity index (χ3v) is 3.82. The van der Waals surface area contributed by atoms with Gasteiger partial charge in [-0.2, -0.15) is 11.3 Å². The van der Waals surface area contributed by atoms with Gasteiger partial charge >= 0.3 is 5.69 Å². The van der Waals surface area contributed by atoms with E-state index in [1.807, 2.05) is 23.8 Å². The number of hydrogen-bond donors (Lipinski definition) is 2. The van der Waals surface area contributed by atoms with Crippen molar-refractivity contribution in [3.8, 4) is 5.75 Å². The molecule has 0 bridgehead atoms. The zero-order valence-corrected chi connectivity index (χ0v) is 12.1. The van der Waals surface area contributed by atoms with Gasteiger partial charge in [-0.15, -0.1) is 0 Å². The Morgan fingerprint density at radius 2 is 2.24 bits per heavy atom. The topological polar surface area (TPSA) is 92.5 Å². The summed E-state index contributed by atoms with van der Waals surface area (Å²) in [5.41, 5.74) is 0.808. The van der Waals surface area contributed by atoms with Crippen LogP contribution in [0.2, 0.25) is 0 Å². The summed E-state index contributed by atoms with van der Waals surface area (Å²) in [4.78, 5) is 22.0. The fraction of sp³-hybridized carbons (Fsp3) is 0.214. The van der Waals surface area contributed by atoms with Crippen molar-refractivity contribution in [2.45, 2.75) is 12.8 Å². The van der Waals surface area contributed by atoms with Crippen LogP contribution in [-0.2, 0) is 0 Å². The molecule has 0 saturated carbocycles. The first-order valence-corrected chi connectivity index (χ1v) is 7.21. The number of phenolic OH excluding ortho intramolecular Hbond substituents is 1. The summed E-state index contributed by atoms with van der Waals surface area (Å²) in [7, 11) is 0. The lowest BCUT2D eigenvalue weighted by molar-refractivity contribution is -0.385. The number of hydrogen-bond acceptors (Lipinski definition) is 5. The molecule has 0 aliphatic heterocycles. The second-order valence-electron chi connectivity index (χ2n) is 4.63. The Hall–Kier alpha value is -2.41. The molecule has 0 spiro atoms. The molecule has 2 aromatic rings. The first-order valence-electron chi connectivity index (χ1n) is 6.26. The van der Waals surface area contributed by atoms with Crippen molar-refractivity contribution in [3.63, 3.8) is 0 Å². The summed E-state index contributed by atoms with van der Waals surface area (Å²) in [6.07, 6.45) is 0. The average Bonchev–Trinajstić information content (AvgIpc) is 2.98. The molecule has 1 aromatic carbocycles. The molecule has 0 saturated heterocycles. The van der Waals surface area contributed by atoms with Gasteiger partial charge in [0.2, 0.25) is 0 Å². The molecule has 1 atom stereocenters. The zero-order valence-electron chi connectivity index (χ0n) is 11.3. The molecule has 1 aromatic heterocycles. The van der Waals surface area contributed by atoms with Crippen LogP contribution in [-0.4, -0.2) is 22.5 Å². The van der Waals surface area contributed by atoms with Gasteiger partial charge in [-0.05, 0) is 40.4 Å². The highest BCUT2D eigenvalue weighted by Crippen LogP contribution is 2.26. The SMILES string of the molecule is CC(CNC(=O)c1ccc(O)c([N+](=O)[O-])c1)c1ccsc1. The van der Waals surface area contributed by atoms with E-state index in [0.29, 0.717) is 6.54 Å². The number of nitro groups is 1. The van der Waals surface area contributed by atoms with Gasteiger partial charge in [0.15, 0.2) is 5.75 Å². The van der Waals surface area contributed by atoms with E-state index < -0.39 is 22.3 Å². The predicted molar refractivity (Wildman–Crippen MR) is 79.8 cm³/mol. The van der Waals surface area contributed by atoms with E-state index >= 15 is 0 Å². The molecule has 0 aliphatic carbocycles. The van der Waals surface area contributed by atoms with Crippen LogP contribution < -0.4 is 5.32 Å². The third kappa shape index (κ3) is 3.57. The quantitative estimate of drug-likeness (QED) is 0.656. The monoisotopic (exact) mass is 306 g/mol. The van der Waals surface area contributed by atoms with Crippen molar-refractivity contribution < 1.29 is 14.8 Å². The van der Waals surface area contributed by atoms with Gasteiger partial charge in [0.1, 0.15) is 0 Å². The normalized spacial score (nSPS) is 11.9. The van der Waals surface area contributed by atoms with E-state index in [0.717, 1.165) is 17.7 Å². The van der Waals surface area contributed by atoms with Gasteiger partial charge < -0.3 is 10.4 Å². The standard InChI is InChI=1S/C14H14N2O4S/c1-9(11-4-5-21-8-11)7-15-14(18)10-2-3-13(17)12(6-10)16(19)20/h2-6,8-9,17H,7H2,1H3,(H,15,18). The molecule has 1 unspecified atom stereocenters. The van der Waals surface area contributed by atoms with E-state index in [9.17, 15) is 20.0 Å². The van der Waals surface area contributed by atoms with Crippen molar-refractivity contribution >= 4 is 22.9 Å². The average molecular weight is 306 g/mol. The van der Waals surface area contributed by atoms with Crippen molar-refractivity contribution in [2.75, 3.05) is 6.54 Å². The number of benzene rings is 1. The summed E-state index contributed by atoms with van der Waals surface area (Å²) < 4.78 is 0. The van der Waals surface area contributed by atoms with Crippen molar-refractivity contribution in [1.82, 2.24) is 5.32 Å². The molecule has 7 heteroatoms. The van der Waals surface area contributed by atoms with Gasteiger partial charge in [0.25, 0.3) is 5.91 Å². The lowest BCUT2D eigenvalue weighted by Gasteiger charge is -2.11. The number of nitrogens with zero attached hydrogens (tertiary/aromatic N) is 1. The van der Waals surface area contributed by atoms with E-state index in [1.165, 1.54) is 6.07 Å². The van der Waals surface area contributed by atoms with Crippen LogP contribution in [0.15, 0.2) is 35.0 Å². The summed E-state index contributed by atoms with van der Waals surface area (Å²) in [6.45, 7) is 2.42. The molecule has 0 fully saturated rings. The Kier molecular flexibility index (Phi) is 4.54. The smallest absolute Gasteiger partial charge is 0.311 e. The van der Waals surface area contributed by atoms with Crippen LogP contribution in [0, 0.1) is 10.1 Å². The number of nitro benzene ring substituents is 1. The van der Waals surface area contributed by atoms with Crippen molar-refractivity contribution in [3.05, 3.63) is 56.3 Å². The van der Waals surface area contributed by atoms with Crippen LogP contribution in [0.4, 0.5) is 5.69 Å². The number of rotatable bonds is 5. The first-order chi connectivity index (χ1) is 9.99. The maximum absolute atomic E-state index is 12.0. The Morgan fingerprint density at radius 3 is 2.86 bits per heavy atom. The Bertz CT molecular complexity index is 655. The van der Waals surface area contributed by atoms with Gasteiger partial charge in [-0.1, -0.05) is 6.92 Å². The minimum absolute atomic E-state index is 0.150. The first kappa shape index (κ1) is 15.0. The zero-order chi connectivity index (χ0) is 15.4. The molecule has 1 amide bonds. The summed E-state index contributed by atoms with van der Waals surface area (Å²) in [6, 6.07) is 5.56. The van der Waals surface area contributed by atoms with Crippen LogP contribution in [0.5, 0.6) is 5.75 Å². The maximum atomic E-state index is 12.0. The predicted octanol–water partition coefficient (Wildman–Crippen LogP) is 2.90. The number of amides is 1. The second-order valence-corrected chi connectivity index (χ2v) is 5.41. The number of aromatic hydroxyl groups is 1. The summed E-state index contributed by atoms with van der Waals surface area (Å²) in [5.74, 6) is -0.698. The van der Waals surface area contributed by atoms with Crippen LogP contribution in [0.1, 0.15) is 28.8 Å². The van der Waals surface area contributed by atoms with E-state index in [4.69, 9.17) is 0 Å². The Morgan fingerprint density at radius 1 is 1.48 bits per heavy atom. The molecule has 0 radical (unpaired) electrons. The fourth-order valence-corrected chi connectivity index (χ4v) is 2.61. The minimum Gasteiger partial charge on any atom is -0.502 e. The van der Waals surface area contributed by atoms with Crippen molar-refractivity contribution in [1.29, 1.82) is 0 Å². The molecule has 6 nitrogen and oxygen atoms in total. The van der Waals surface area contributed by atoms with E-state index in [1.54, 1.807) is 11.3 Å². The number of thiophene rings is 1. The largest absolute Gasteiger partial charge is 0.502 e. The third-order valence-electron chi connectivity index (χ3n) is 3.12. The second kappa shape index (κ2) is 6.36. The Balaban J connectivity index is 2.04. The molecule has 1 heterocycles. The maximum Gasteiger partial charge on any atom is 0.311 e. The lowest BCUT2D eigenvalue weighted by Crippen LogP contribution is -2.27. The van der Waals surface area contributed by atoms with Gasteiger partial charge in [0.05, 0.1) is 4.92 Å². The summed E-state index contributed by atoms with van der Waals surface area (Å²) >= 11 is 1.59. The number of carbonyl (C=O) groups is 1. The van der Waals surface area contributed by atoms with Gasteiger partial charge in [-0.25, -0.2) is 0 Å². The number of nitrogens with one attached hydrogen (secondary N) is 1. The summed E-state index contributed by atoms with van der Waals surface area (Å²) in [5, 5.41) is 26.8. The highest BCUT2D eigenvalue weighted by Gasteiger charge is 2.17. The highest BCUT2D eigenvalue weighted by atomic mass is 32.1. The van der Waals surface area contributed by atoms with Crippen LogP contribution in [0.3, 0.4) is 0 Å². The van der Waals surface area contributed by atoms with Crippen LogP contribution in [0.25, 0.3) is 0 Å².